The molecule has 0 atom stereocenters. The van der Waals surface area contributed by atoms with Crippen LogP contribution in [-0.2, 0) is 11.3 Å². The number of anilines is 1. The monoisotopic (exact) mass is 391 g/mol. The number of hydrogen-bond acceptors (Lipinski definition) is 6. The zero-order valence-electron chi connectivity index (χ0n) is 16.6. The van der Waals surface area contributed by atoms with Gasteiger partial charge in [-0.1, -0.05) is 30.3 Å². The van der Waals surface area contributed by atoms with Crippen LogP contribution in [0.15, 0.2) is 55.4 Å². The van der Waals surface area contributed by atoms with E-state index in [4.69, 9.17) is 0 Å². The lowest BCUT2D eigenvalue weighted by atomic mass is 9.95. The maximum absolute atomic E-state index is 13.0. The molecule has 8 heteroatoms. The molecule has 1 aliphatic rings. The highest BCUT2D eigenvalue weighted by Crippen LogP contribution is 2.24. The van der Waals surface area contributed by atoms with E-state index < -0.39 is 0 Å². The van der Waals surface area contributed by atoms with Crippen LogP contribution in [0.3, 0.4) is 0 Å². The van der Waals surface area contributed by atoms with Gasteiger partial charge in [0, 0.05) is 38.2 Å². The minimum absolute atomic E-state index is 0.0616. The molecule has 0 bridgehead atoms. The van der Waals surface area contributed by atoms with Crippen molar-refractivity contribution in [1.82, 2.24) is 29.6 Å². The summed E-state index contributed by atoms with van der Waals surface area (Å²) in [6.45, 7) is 5.04. The smallest absolute Gasteiger partial charge is 0.226 e. The Morgan fingerprint density at radius 1 is 1.10 bits per heavy atom. The van der Waals surface area contributed by atoms with Crippen LogP contribution < -0.4 is 4.90 Å². The molecule has 1 aromatic carbocycles. The summed E-state index contributed by atoms with van der Waals surface area (Å²) in [5.41, 5.74) is 1.17. The van der Waals surface area contributed by atoms with E-state index in [1.165, 1.54) is 11.9 Å². The fourth-order valence-corrected chi connectivity index (χ4v) is 3.73. The minimum atomic E-state index is 0.0616. The number of amides is 1. The van der Waals surface area contributed by atoms with Gasteiger partial charge in [-0.2, -0.15) is 5.10 Å². The Labute approximate surface area is 170 Å². The van der Waals surface area contributed by atoms with Crippen LogP contribution >= 0.6 is 0 Å². The van der Waals surface area contributed by atoms with E-state index in [1.54, 1.807) is 17.3 Å². The van der Waals surface area contributed by atoms with Gasteiger partial charge in [-0.05, 0) is 25.3 Å². The minimum Gasteiger partial charge on any atom is -0.356 e. The van der Waals surface area contributed by atoms with Crippen molar-refractivity contribution in [3.05, 3.63) is 60.9 Å². The van der Waals surface area contributed by atoms with E-state index in [0.717, 1.165) is 38.3 Å². The second kappa shape index (κ2) is 8.81. The van der Waals surface area contributed by atoms with Crippen molar-refractivity contribution in [2.24, 2.45) is 5.92 Å². The number of carbonyl (C=O) groups is 1. The lowest BCUT2D eigenvalue weighted by molar-refractivity contribution is -0.136. The molecule has 0 unspecified atom stereocenters. The van der Waals surface area contributed by atoms with Crippen LogP contribution in [0.5, 0.6) is 0 Å². The highest BCUT2D eigenvalue weighted by molar-refractivity contribution is 5.79. The van der Waals surface area contributed by atoms with Crippen molar-refractivity contribution in [2.45, 2.75) is 26.3 Å². The lowest BCUT2D eigenvalue weighted by Gasteiger charge is -2.34. The Bertz CT molecular complexity index is 921. The number of aromatic nitrogens is 5. The van der Waals surface area contributed by atoms with E-state index in [2.05, 4.69) is 37.1 Å². The quantitative estimate of drug-likeness (QED) is 0.642. The van der Waals surface area contributed by atoms with E-state index in [9.17, 15) is 4.79 Å². The zero-order chi connectivity index (χ0) is 20.1. The average molecular weight is 391 g/mol. The second-order valence-electron chi connectivity index (χ2n) is 7.17. The summed E-state index contributed by atoms with van der Waals surface area (Å²) in [5.74, 6) is 1.85. The van der Waals surface area contributed by atoms with Gasteiger partial charge in [-0.25, -0.2) is 19.6 Å². The summed E-state index contributed by atoms with van der Waals surface area (Å²) in [6.07, 6.45) is 6.29. The fourth-order valence-electron chi connectivity index (χ4n) is 3.73. The van der Waals surface area contributed by atoms with Crippen LogP contribution in [0.4, 0.5) is 5.82 Å². The summed E-state index contributed by atoms with van der Waals surface area (Å²) in [4.78, 5) is 29.8. The van der Waals surface area contributed by atoms with Crippen molar-refractivity contribution in [1.29, 1.82) is 0 Å². The van der Waals surface area contributed by atoms with Crippen LogP contribution in [0.25, 0.3) is 5.82 Å². The summed E-state index contributed by atoms with van der Waals surface area (Å²) in [7, 11) is 0. The number of rotatable bonds is 6. The Hall–Kier alpha value is -3.29. The molecule has 0 saturated carbocycles. The second-order valence-corrected chi connectivity index (χ2v) is 7.17. The van der Waals surface area contributed by atoms with Crippen molar-refractivity contribution in [3.63, 3.8) is 0 Å². The zero-order valence-corrected chi connectivity index (χ0v) is 16.6. The maximum Gasteiger partial charge on any atom is 0.226 e. The molecule has 4 rings (SSSR count). The summed E-state index contributed by atoms with van der Waals surface area (Å²) in [6, 6.07) is 12.1. The van der Waals surface area contributed by atoms with Gasteiger partial charge in [0.15, 0.2) is 5.82 Å². The van der Waals surface area contributed by atoms with Gasteiger partial charge in [0.2, 0.25) is 5.91 Å². The fraction of sp³-hybridized carbons (Fsp3) is 0.381. The molecule has 1 amide bonds. The first-order valence-electron chi connectivity index (χ1n) is 9.99. The van der Waals surface area contributed by atoms with E-state index >= 15 is 0 Å². The first-order valence-corrected chi connectivity index (χ1v) is 9.99. The standard InChI is InChI=1S/C21H25N7O/c1-2-26(13-17-6-4-3-5-7-17)21(29)18-8-10-27(11-9-18)19-12-20(24-15-23-19)28-16-22-14-25-28/h3-7,12,14-16,18H,2,8-11,13H2,1H3. The number of benzene rings is 1. The van der Waals surface area contributed by atoms with Gasteiger partial charge in [0.1, 0.15) is 24.8 Å². The number of nitrogens with zero attached hydrogens (tertiary/aromatic N) is 7. The molecule has 1 saturated heterocycles. The predicted molar refractivity (Wildman–Crippen MR) is 109 cm³/mol. The molecule has 8 nitrogen and oxygen atoms in total. The van der Waals surface area contributed by atoms with Crippen molar-refractivity contribution < 1.29 is 4.79 Å². The molecule has 3 heterocycles. The van der Waals surface area contributed by atoms with Gasteiger partial charge >= 0.3 is 0 Å². The molecular formula is C21H25N7O. The Morgan fingerprint density at radius 3 is 2.55 bits per heavy atom. The van der Waals surface area contributed by atoms with E-state index in [0.29, 0.717) is 12.4 Å². The number of hydrogen-bond donors (Lipinski definition) is 0. The molecule has 3 aromatic rings. The third kappa shape index (κ3) is 4.42. The van der Waals surface area contributed by atoms with Crippen LogP contribution in [-0.4, -0.2) is 55.2 Å². The van der Waals surface area contributed by atoms with Gasteiger partial charge in [-0.3, -0.25) is 4.79 Å². The predicted octanol–water partition coefficient (Wildman–Crippen LogP) is 2.32. The van der Waals surface area contributed by atoms with E-state index in [-0.39, 0.29) is 11.8 Å². The van der Waals surface area contributed by atoms with Crippen LogP contribution in [0, 0.1) is 5.92 Å². The number of carbonyl (C=O) groups excluding carboxylic acids is 1. The molecule has 0 spiro atoms. The first-order chi connectivity index (χ1) is 14.2. The Morgan fingerprint density at radius 2 is 1.86 bits per heavy atom. The normalized spacial score (nSPS) is 14.7. The van der Waals surface area contributed by atoms with Crippen molar-refractivity contribution in [3.8, 4) is 5.82 Å². The van der Waals surface area contributed by atoms with Gasteiger partial charge in [0.05, 0.1) is 0 Å². The molecule has 2 aromatic heterocycles. The van der Waals surface area contributed by atoms with Crippen LogP contribution in [0.2, 0.25) is 0 Å². The molecule has 0 aliphatic carbocycles. The highest BCUT2D eigenvalue weighted by atomic mass is 16.2. The number of piperidine rings is 1. The van der Waals surface area contributed by atoms with Gasteiger partial charge < -0.3 is 9.80 Å². The van der Waals surface area contributed by atoms with Crippen molar-refractivity contribution in [2.75, 3.05) is 24.5 Å². The van der Waals surface area contributed by atoms with Gasteiger partial charge in [-0.15, -0.1) is 0 Å². The summed E-state index contributed by atoms with van der Waals surface area (Å²) in [5, 5.41) is 4.12. The molecule has 0 N–H and O–H groups in total. The third-order valence-corrected chi connectivity index (χ3v) is 5.37. The van der Waals surface area contributed by atoms with Crippen molar-refractivity contribution >= 4 is 11.7 Å². The van der Waals surface area contributed by atoms with Gasteiger partial charge in [0.25, 0.3) is 0 Å². The summed E-state index contributed by atoms with van der Waals surface area (Å²) >= 11 is 0. The molecular weight excluding hydrogens is 366 g/mol. The Kier molecular flexibility index (Phi) is 5.79. The van der Waals surface area contributed by atoms with Crippen LogP contribution in [0.1, 0.15) is 25.3 Å². The third-order valence-electron chi connectivity index (χ3n) is 5.37. The molecule has 1 aliphatic heterocycles. The summed E-state index contributed by atoms with van der Waals surface area (Å²) < 4.78 is 1.62. The first kappa shape index (κ1) is 19.0. The molecule has 29 heavy (non-hydrogen) atoms. The SMILES string of the molecule is CCN(Cc1ccccc1)C(=O)C1CCN(c2cc(-n3cncn3)ncn2)CC1. The lowest BCUT2D eigenvalue weighted by Crippen LogP contribution is -2.42. The Balaban J connectivity index is 1.37. The molecule has 150 valence electrons. The average Bonchev–Trinajstić information content (AvgIpc) is 3.33. The molecule has 1 fully saturated rings. The topological polar surface area (TPSA) is 80.0 Å². The highest BCUT2D eigenvalue weighted by Gasteiger charge is 2.28. The molecule has 0 radical (unpaired) electrons. The van der Waals surface area contributed by atoms with E-state index in [1.807, 2.05) is 36.1 Å². The largest absolute Gasteiger partial charge is 0.356 e. The maximum atomic E-state index is 13.0.